The Hall–Kier alpha value is -1.88. The lowest BCUT2D eigenvalue weighted by Gasteiger charge is -2.27. The van der Waals surface area contributed by atoms with Gasteiger partial charge < -0.3 is 15.2 Å². The third-order valence-corrected chi connectivity index (χ3v) is 3.17. The molecule has 0 radical (unpaired) electrons. The van der Waals surface area contributed by atoms with Crippen LogP contribution in [0.2, 0.25) is 0 Å². The zero-order valence-corrected chi connectivity index (χ0v) is 12.1. The van der Waals surface area contributed by atoms with Crippen molar-refractivity contribution in [2.24, 2.45) is 0 Å². The number of esters is 1. The fraction of sp³-hybridized carbons (Fsp3) is 0.467. The molecule has 1 amide bonds. The van der Waals surface area contributed by atoms with Crippen LogP contribution in [0.4, 0.5) is 0 Å². The van der Waals surface area contributed by atoms with Gasteiger partial charge in [0.15, 0.2) is 0 Å². The molecule has 0 bridgehead atoms. The minimum absolute atomic E-state index is 0.0718. The van der Waals surface area contributed by atoms with Crippen molar-refractivity contribution >= 4 is 11.9 Å². The Labute approximate surface area is 118 Å². The van der Waals surface area contributed by atoms with Crippen molar-refractivity contribution < 1.29 is 19.4 Å². The Morgan fingerprint density at radius 2 is 1.90 bits per heavy atom. The molecule has 1 rings (SSSR count). The van der Waals surface area contributed by atoms with E-state index in [-0.39, 0.29) is 12.5 Å². The molecule has 0 spiro atoms. The Morgan fingerprint density at radius 3 is 2.35 bits per heavy atom. The van der Waals surface area contributed by atoms with Crippen LogP contribution in [0.5, 0.6) is 0 Å². The molecule has 20 heavy (non-hydrogen) atoms. The molecule has 1 aromatic carbocycles. The molecule has 2 N–H and O–H groups in total. The highest BCUT2D eigenvalue weighted by Gasteiger charge is 2.35. The van der Waals surface area contributed by atoms with Gasteiger partial charge in [-0.2, -0.15) is 0 Å². The second-order valence-electron chi connectivity index (χ2n) is 4.88. The third-order valence-electron chi connectivity index (χ3n) is 3.17. The summed E-state index contributed by atoms with van der Waals surface area (Å²) in [6, 6.07) is 6.57. The molecule has 0 aliphatic heterocycles. The van der Waals surface area contributed by atoms with Crippen LogP contribution in [0.3, 0.4) is 0 Å². The Kier molecular flexibility index (Phi) is 5.70. The lowest BCUT2D eigenvalue weighted by atomic mass is 9.95. The fourth-order valence-electron chi connectivity index (χ4n) is 2.03. The summed E-state index contributed by atoms with van der Waals surface area (Å²) in [5.41, 5.74) is 0.134. The van der Waals surface area contributed by atoms with Crippen LogP contribution in [0, 0.1) is 0 Å². The number of carbonyl (C=O) groups excluding carboxylic acids is 2. The van der Waals surface area contributed by atoms with E-state index in [1.54, 1.807) is 31.2 Å². The van der Waals surface area contributed by atoms with Gasteiger partial charge in [-0.1, -0.05) is 25.5 Å². The third kappa shape index (κ3) is 3.81. The van der Waals surface area contributed by atoms with Crippen LogP contribution in [0.15, 0.2) is 24.3 Å². The largest absolute Gasteiger partial charge is 0.467 e. The number of methoxy groups -OCH3 is 1. The van der Waals surface area contributed by atoms with E-state index in [0.717, 1.165) is 12.0 Å². The van der Waals surface area contributed by atoms with Crippen LogP contribution in [-0.2, 0) is 16.1 Å². The van der Waals surface area contributed by atoms with Crippen molar-refractivity contribution in [3.05, 3.63) is 35.4 Å². The van der Waals surface area contributed by atoms with E-state index in [0.29, 0.717) is 12.0 Å². The standard InChI is InChI=1S/C15H21NO4/c1-4-9-15(2,14(19)20-3)16-13(18)12-7-5-11(10-17)6-8-12/h5-8,17H,4,9-10H2,1-3H3,(H,16,18). The number of aliphatic hydroxyl groups is 1. The van der Waals surface area contributed by atoms with Gasteiger partial charge >= 0.3 is 5.97 Å². The molecule has 0 aliphatic carbocycles. The first-order chi connectivity index (χ1) is 9.46. The first-order valence-electron chi connectivity index (χ1n) is 6.57. The molecule has 1 aromatic rings. The predicted molar refractivity (Wildman–Crippen MR) is 75.2 cm³/mol. The quantitative estimate of drug-likeness (QED) is 0.776. The number of benzene rings is 1. The molecule has 110 valence electrons. The van der Waals surface area contributed by atoms with Crippen molar-refractivity contribution in [2.45, 2.75) is 38.8 Å². The Morgan fingerprint density at radius 1 is 1.30 bits per heavy atom. The van der Waals surface area contributed by atoms with E-state index in [9.17, 15) is 9.59 Å². The molecular formula is C15H21NO4. The van der Waals surface area contributed by atoms with Gasteiger partial charge in [0.25, 0.3) is 5.91 Å². The van der Waals surface area contributed by atoms with E-state index in [4.69, 9.17) is 9.84 Å². The zero-order valence-electron chi connectivity index (χ0n) is 12.1. The lowest BCUT2D eigenvalue weighted by Crippen LogP contribution is -2.52. The second kappa shape index (κ2) is 7.05. The molecule has 0 aromatic heterocycles. The van der Waals surface area contributed by atoms with Gasteiger partial charge in [0.05, 0.1) is 13.7 Å². The summed E-state index contributed by atoms with van der Waals surface area (Å²) < 4.78 is 4.75. The topological polar surface area (TPSA) is 75.6 Å². The second-order valence-corrected chi connectivity index (χ2v) is 4.88. The molecule has 1 unspecified atom stereocenters. The molecule has 5 nitrogen and oxygen atoms in total. The van der Waals surface area contributed by atoms with Crippen molar-refractivity contribution in [3.63, 3.8) is 0 Å². The van der Waals surface area contributed by atoms with E-state index in [1.807, 2.05) is 6.92 Å². The average Bonchev–Trinajstić information content (AvgIpc) is 2.46. The van der Waals surface area contributed by atoms with Crippen molar-refractivity contribution in [3.8, 4) is 0 Å². The molecule has 0 aliphatic rings. The number of rotatable bonds is 6. The van der Waals surface area contributed by atoms with Crippen LogP contribution in [-0.4, -0.2) is 29.6 Å². The number of aliphatic hydroxyl groups excluding tert-OH is 1. The van der Waals surface area contributed by atoms with Gasteiger partial charge in [-0.25, -0.2) is 4.79 Å². The van der Waals surface area contributed by atoms with Crippen LogP contribution in [0.25, 0.3) is 0 Å². The van der Waals surface area contributed by atoms with Gasteiger partial charge in [-0.05, 0) is 31.0 Å². The number of amides is 1. The van der Waals surface area contributed by atoms with E-state index in [2.05, 4.69) is 5.32 Å². The Balaban J connectivity index is 2.87. The highest BCUT2D eigenvalue weighted by atomic mass is 16.5. The van der Waals surface area contributed by atoms with Gasteiger partial charge in [0.1, 0.15) is 5.54 Å². The summed E-state index contributed by atoms with van der Waals surface area (Å²) in [7, 11) is 1.30. The monoisotopic (exact) mass is 279 g/mol. The minimum atomic E-state index is -1.03. The fourth-order valence-corrected chi connectivity index (χ4v) is 2.03. The molecule has 1 atom stereocenters. The molecule has 0 fully saturated rings. The van der Waals surface area contributed by atoms with Crippen LogP contribution in [0.1, 0.15) is 42.6 Å². The van der Waals surface area contributed by atoms with E-state index < -0.39 is 11.5 Å². The summed E-state index contributed by atoms with van der Waals surface area (Å²) >= 11 is 0. The van der Waals surface area contributed by atoms with Gasteiger partial charge in [-0.15, -0.1) is 0 Å². The molecule has 0 saturated heterocycles. The van der Waals surface area contributed by atoms with E-state index in [1.165, 1.54) is 7.11 Å². The zero-order chi connectivity index (χ0) is 15.2. The average molecular weight is 279 g/mol. The minimum Gasteiger partial charge on any atom is -0.467 e. The number of hydrogen-bond donors (Lipinski definition) is 2. The highest BCUT2D eigenvalue weighted by Crippen LogP contribution is 2.16. The molecule has 0 heterocycles. The Bertz CT molecular complexity index is 469. The maximum atomic E-state index is 12.2. The first kappa shape index (κ1) is 16.2. The maximum Gasteiger partial charge on any atom is 0.331 e. The number of ether oxygens (including phenoxy) is 1. The summed E-state index contributed by atoms with van der Waals surface area (Å²) in [5, 5.41) is 11.7. The predicted octanol–water partition coefficient (Wildman–Crippen LogP) is 1.64. The lowest BCUT2D eigenvalue weighted by molar-refractivity contribution is -0.147. The van der Waals surface area contributed by atoms with Gasteiger partial charge in [0, 0.05) is 5.56 Å². The number of hydrogen-bond acceptors (Lipinski definition) is 4. The van der Waals surface area contributed by atoms with Gasteiger partial charge in [0.2, 0.25) is 0 Å². The van der Waals surface area contributed by atoms with Gasteiger partial charge in [-0.3, -0.25) is 4.79 Å². The molecular weight excluding hydrogens is 258 g/mol. The summed E-state index contributed by atoms with van der Waals surface area (Å²) in [5.74, 6) is -0.796. The van der Waals surface area contributed by atoms with Crippen molar-refractivity contribution in [1.82, 2.24) is 5.32 Å². The molecule has 0 saturated carbocycles. The maximum absolute atomic E-state index is 12.2. The normalized spacial score (nSPS) is 13.4. The van der Waals surface area contributed by atoms with Crippen LogP contribution >= 0.6 is 0 Å². The smallest absolute Gasteiger partial charge is 0.331 e. The first-order valence-corrected chi connectivity index (χ1v) is 6.57. The summed E-state index contributed by atoms with van der Waals surface area (Å²) in [6.07, 6.45) is 1.25. The number of nitrogens with one attached hydrogen (secondary N) is 1. The summed E-state index contributed by atoms with van der Waals surface area (Å²) in [6.45, 7) is 3.52. The SMILES string of the molecule is CCCC(C)(NC(=O)c1ccc(CO)cc1)C(=O)OC. The number of carbonyl (C=O) groups is 2. The van der Waals surface area contributed by atoms with Crippen molar-refractivity contribution in [1.29, 1.82) is 0 Å². The summed E-state index contributed by atoms with van der Waals surface area (Å²) in [4.78, 5) is 24.0. The van der Waals surface area contributed by atoms with Crippen molar-refractivity contribution in [2.75, 3.05) is 7.11 Å². The molecule has 5 heteroatoms. The van der Waals surface area contributed by atoms with Crippen LogP contribution < -0.4 is 5.32 Å². The van der Waals surface area contributed by atoms with E-state index >= 15 is 0 Å². The highest BCUT2D eigenvalue weighted by molar-refractivity contribution is 5.98.